The molecule has 11 heteroatoms. The third kappa shape index (κ3) is 4.21. The molecular formula is C19H14FN5O3S2. The van der Waals surface area contributed by atoms with Gasteiger partial charge in [0.15, 0.2) is 5.13 Å². The smallest absolute Gasteiger partial charge is 0.274 e. The normalized spacial score (nSPS) is 11.2. The number of carbonyl (C=O) groups is 1. The molecule has 0 spiro atoms. The van der Waals surface area contributed by atoms with E-state index < -0.39 is 15.9 Å². The Morgan fingerprint density at radius 3 is 2.47 bits per heavy atom. The van der Waals surface area contributed by atoms with Gasteiger partial charge >= 0.3 is 0 Å². The van der Waals surface area contributed by atoms with Gasteiger partial charge in [0.1, 0.15) is 11.5 Å². The van der Waals surface area contributed by atoms with Crippen molar-refractivity contribution < 1.29 is 17.6 Å². The lowest BCUT2D eigenvalue weighted by molar-refractivity contribution is 0.102. The number of imidazole rings is 1. The van der Waals surface area contributed by atoms with Crippen LogP contribution >= 0.6 is 11.3 Å². The largest absolute Gasteiger partial charge is 0.321 e. The van der Waals surface area contributed by atoms with Crippen molar-refractivity contribution in [2.45, 2.75) is 4.90 Å². The zero-order chi connectivity index (χ0) is 21.1. The van der Waals surface area contributed by atoms with Gasteiger partial charge in [-0.25, -0.2) is 22.8 Å². The minimum Gasteiger partial charge on any atom is -0.321 e. The number of carbonyl (C=O) groups excluding carboxylic acids is 1. The summed E-state index contributed by atoms with van der Waals surface area (Å²) in [5.74, 6) is -0.836. The Labute approximate surface area is 175 Å². The molecule has 0 aliphatic carbocycles. The van der Waals surface area contributed by atoms with Crippen LogP contribution in [-0.2, 0) is 10.0 Å². The molecule has 0 saturated carbocycles. The molecule has 0 atom stereocenters. The minimum absolute atomic E-state index is 0.0343. The summed E-state index contributed by atoms with van der Waals surface area (Å²) < 4.78 is 41.8. The number of amides is 1. The van der Waals surface area contributed by atoms with Crippen LogP contribution in [0, 0.1) is 5.82 Å². The third-order valence-corrected chi connectivity index (χ3v) is 6.22. The van der Waals surface area contributed by atoms with E-state index in [4.69, 9.17) is 0 Å². The molecule has 4 rings (SSSR count). The van der Waals surface area contributed by atoms with Crippen LogP contribution in [0.5, 0.6) is 0 Å². The fourth-order valence-electron chi connectivity index (χ4n) is 2.63. The molecule has 0 radical (unpaired) electrons. The molecule has 2 aromatic heterocycles. The average Bonchev–Trinajstić information content (AvgIpc) is 3.41. The van der Waals surface area contributed by atoms with Gasteiger partial charge in [0.05, 0.1) is 17.4 Å². The maximum atomic E-state index is 13.1. The van der Waals surface area contributed by atoms with E-state index in [1.807, 2.05) is 0 Å². The Hall–Kier alpha value is -3.57. The molecule has 1 amide bonds. The van der Waals surface area contributed by atoms with Gasteiger partial charge in [-0.2, -0.15) is 0 Å². The average molecular weight is 443 g/mol. The second kappa shape index (κ2) is 8.05. The summed E-state index contributed by atoms with van der Waals surface area (Å²) in [6.07, 6.45) is 4.33. The fourth-order valence-corrected chi connectivity index (χ4v) is 4.42. The zero-order valence-electron chi connectivity index (χ0n) is 15.2. The predicted molar refractivity (Wildman–Crippen MR) is 111 cm³/mol. The van der Waals surface area contributed by atoms with Crippen molar-refractivity contribution in [3.63, 3.8) is 0 Å². The Morgan fingerprint density at radius 1 is 1.07 bits per heavy atom. The summed E-state index contributed by atoms with van der Waals surface area (Å²) in [6, 6.07) is 11.4. The van der Waals surface area contributed by atoms with Gasteiger partial charge in [0.2, 0.25) is 0 Å². The summed E-state index contributed by atoms with van der Waals surface area (Å²) in [6.45, 7) is 0. The van der Waals surface area contributed by atoms with Crippen LogP contribution in [0.3, 0.4) is 0 Å². The Morgan fingerprint density at radius 2 is 1.80 bits per heavy atom. The Bertz CT molecular complexity index is 1270. The quantitative estimate of drug-likeness (QED) is 0.474. The first-order valence-electron chi connectivity index (χ1n) is 8.54. The van der Waals surface area contributed by atoms with Gasteiger partial charge in [-0.1, -0.05) is 0 Å². The summed E-state index contributed by atoms with van der Waals surface area (Å²) >= 11 is 1.17. The van der Waals surface area contributed by atoms with Gasteiger partial charge < -0.3 is 5.32 Å². The van der Waals surface area contributed by atoms with Crippen LogP contribution in [0.15, 0.2) is 77.5 Å². The molecule has 152 valence electrons. The fraction of sp³-hybridized carbons (Fsp3) is 0. The number of nitrogens with zero attached hydrogens (tertiary/aromatic N) is 3. The summed E-state index contributed by atoms with van der Waals surface area (Å²) in [7, 11) is -3.78. The molecule has 0 unspecified atom stereocenters. The summed E-state index contributed by atoms with van der Waals surface area (Å²) in [4.78, 5) is 20.6. The lowest BCUT2D eigenvalue weighted by Crippen LogP contribution is -2.16. The summed E-state index contributed by atoms with van der Waals surface area (Å²) in [5, 5.41) is 4.62. The molecule has 4 aromatic rings. The topological polar surface area (TPSA) is 106 Å². The number of halogens is 1. The highest BCUT2D eigenvalue weighted by Gasteiger charge is 2.17. The van der Waals surface area contributed by atoms with Gasteiger partial charge in [-0.15, -0.1) is 11.3 Å². The van der Waals surface area contributed by atoms with Crippen molar-refractivity contribution in [2.24, 2.45) is 0 Å². The first-order chi connectivity index (χ1) is 14.4. The van der Waals surface area contributed by atoms with Gasteiger partial charge in [-0.3, -0.25) is 14.1 Å². The first-order valence-corrected chi connectivity index (χ1v) is 10.9. The highest BCUT2D eigenvalue weighted by atomic mass is 32.2. The number of anilines is 2. The summed E-state index contributed by atoms with van der Waals surface area (Å²) in [5.41, 5.74) is 1.22. The van der Waals surface area contributed by atoms with Crippen molar-refractivity contribution in [1.82, 2.24) is 14.5 Å². The Kier molecular flexibility index (Phi) is 5.29. The SMILES string of the molecule is O=C(Nc1ccc(S(=O)(=O)Nc2nccs2)cc1)c1cncn1-c1ccc(F)cc1. The van der Waals surface area contributed by atoms with E-state index in [2.05, 4.69) is 20.0 Å². The number of hydrogen-bond donors (Lipinski definition) is 2. The molecule has 2 aromatic carbocycles. The highest BCUT2D eigenvalue weighted by molar-refractivity contribution is 7.93. The monoisotopic (exact) mass is 443 g/mol. The number of hydrogen-bond acceptors (Lipinski definition) is 6. The van der Waals surface area contributed by atoms with Crippen LogP contribution in [0.2, 0.25) is 0 Å². The number of benzene rings is 2. The van der Waals surface area contributed by atoms with E-state index in [0.717, 1.165) is 0 Å². The van der Waals surface area contributed by atoms with Crippen molar-refractivity contribution >= 4 is 38.1 Å². The van der Waals surface area contributed by atoms with Gasteiger partial charge in [0.25, 0.3) is 15.9 Å². The maximum Gasteiger partial charge on any atom is 0.274 e. The molecule has 0 bridgehead atoms. The van der Waals surface area contributed by atoms with E-state index in [1.165, 1.54) is 83.2 Å². The molecule has 30 heavy (non-hydrogen) atoms. The predicted octanol–water partition coefficient (Wildman–Crippen LogP) is 3.52. The molecule has 0 aliphatic heterocycles. The second-order valence-corrected chi connectivity index (χ2v) is 8.62. The third-order valence-electron chi connectivity index (χ3n) is 4.05. The first kappa shape index (κ1) is 19.7. The zero-order valence-corrected chi connectivity index (χ0v) is 16.8. The molecule has 0 saturated heterocycles. The van der Waals surface area contributed by atoms with Crippen LogP contribution in [0.1, 0.15) is 10.5 Å². The van der Waals surface area contributed by atoms with Crippen molar-refractivity contribution in [3.8, 4) is 5.69 Å². The molecule has 8 nitrogen and oxygen atoms in total. The lowest BCUT2D eigenvalue weighted by atomic mass is 10.3. The molecule has 0 fully saturated rings. The number of aromatic nitrogens is 3. The number of rotatable bonds is 6. The van der Waals surface area contributed by atoms with Crippen LogP contribution in [0.4, 0.5) is 15.2 Å². The van der Waals surface area contributed by atoms with Gasteiger partial charge in [-0.05, 0) is 48.5 Å². The van der Waals surface area contributed by atoms with E-state index in [9.17, 15) is 17.6 Å². The number of sulfonamides is 1. The van der Waals surface area contributed by atoms with E-state index in [1.54, 1.807) is 5.38 Å². The van der Waals surface area contributed by atoms with Crippen LogP contribution in [-0.4, -0.2) is 28.9 Å². The molecular weight excluding hydrogens is 429 g/mol. The molecule has 2 heterocycles. The highest BCUT2D eigenvalue weighted by Crippen LogP contribution is 2.20. The van der Waals surface area contributed by atoms with E-state index >= 15 is 0 Å². The van der Waals surface area contributed by atoms with Crippen LogP contribution < -0.4 is 10.0 Å². The number of thiazole rings is 1. The van der Waals surface area contributed by atoms with Crippen LogP contribution in [0.25, 0.3) is 5.69 Å². The second-order valence-electron chi connectivity index (χ2n) is 6.05. The standard InChI is InChI=1S/C19H14FN5O3S2/c20-13-1-5-15(6-2-13)25-12-21-11-17(25)18(26)23-14-3-7-16(8-4-14)30(27,28)24-19-22-9-10-29-19/h1-12H,(H,22,24)(H,23,26). The molecule has 2 N–H and O–H groups in total. The van der Waals surface area contributed by atoms with Crippen molar-refractivity contribution in [2.75, 3.05) is 10.0 Å². The lowest BCUT2D eigenvalue weighted by Gasteiger charge is -2.10. The van der Waals surface area contributed by atoms with E-state index in [-0.39, 0.29) is 21.5 Å². The molecule has 0 aliphatic rings. The minimum atomic E-state index is -3.78. The van der Waals surface area contributed by atoms with Crippen molar-refractivity contribution in [3.05, 3.63) is 84.1 Å². The van der Waals surface area contributed by atoms with E-state index in [0.29, 0.717) is 11.4 Å². The van der Waals surface area contributed by atoms with Gasteiger partial charge in [0, 0.05) is 23.0 Å². The maximum absolute atomic E-state index is 13.1. The number of nitrogens with one attached hydrogen (secondary N) is 2. The van der Waals surface area contributed by atoms with Crippen molar-refractivity contribution in [1.29, 1.82) is 0 Å². The Balaban J connectivity index is 1.50.